The van der Waals surface area contributed by atoms with E-state index in [1.165, 1.54) is 0 Å². The molecule has 0 saturated carbocycles. The van der Waals surface area contributed by atoms with Crippen LogP contribution in [0.3, 0.4) is 0 Å². The maximum absolute atomic E-state index is 13.4. The first-order valence-corrected chi connectivity index (χ1v) is 16.0. The van der Waals surface area contributed by atoms with Crippen LogP contribution in [-0.2, 0) is 9.53 Å². The zero-order valence-electron chi connectivity index (χ0n) is 28.2. The van der Waals surface area contributed by atoms with Gasteiger partial charge in [0, 0.05) is 26.2 Å². The van der Waals surface area contributed by atoms with Crippen molar-refractivity contribution in [3.8, 4) is 5.75 Å². The summed E-state index contributed by atoms with van der Waals surface area (Å²) < 4.78 is 11.3. The zero-order valence-corrected chi connectivity index (χ0v) is 28.2. The number of piperidine rings is 1. The topological polar surface area (TPSA) is 139 Å². The van der Waals surface area contributed by atoms with Gasteiger partial charge in [0.25, 0.3) is 0 Å². The molecular formula is C33H56N6O5. The van der Waals surface area contributed by atoms with Gasteiger partial charge in [-0.1, -0.05) is 26.0 Å². The van der Waals surface area contributed by atoms with Crippen molar-refractivity contribution >= 4 is 23.9 Å². The highest BCUT2D eigenvalue weighted by Gasteiger charge is 2.30. The Bertz CT molecular complexity index is 1100. The van der Waals surface area contributed by atoms with Crippen LogP contribution in [0.25, 0.3) is 0 Å². The molecule has 1 unspecified atom stereocenters. The maximum atomic E-state index is 13.4. The summed E-state index contributed by atoms with van der Waals surface area (Å²) in [6.45, 7) is 13.7. The standard InChI is InChI=1S/C33H56N6O5/c1-9-28(23(2)22-38(7)8)25-14-12-16-27(20-25)43-32(42)39-19-11-10-15-26(39)21-36-30(40)29(17-13-18-35-24(3)34)37-31(41)44-33(4,5)6/h12,14,16,20,23,26,28-29H,9-11,13,15,17-19,21-22H2,1-8H3,(H2,34,35)(H,36,40)(H,37,41)/t23-,26?,28+,29-/m0/s1. The Morgan fingerprint density at radius 3 is 2.57 bits per heavy atom. The second kappa shape index (κ2) is 17.8. The molecule has 4 N–H and O–H groups in total. The molecule has 1 fully saturated rings. The van der Waals surface area contributed by atoms with Crippen molar-refractivity contribution in [1.29, 1.82) is 0 Å². The fourth-order valence-corrected chi connectivity index (χ4v) is 5.70. The van der Waals surface area contributed by atoms with Crippen LogP contribution in [0.4, 0.5) is 9.59 Å². The molecule has 0 aliphatic carbocycles. The van der Waals surface area contributed by atoms with E-state index in [-0.39, 0.29) is 18.5 Å². The number of carbonyl (C=O) groups excluding carboxylic acids is 3. The Kier molecular flexibility index (Phi) is 14.9. The SMILES string of the molecule is CC[C@@H](c1cccc(OC(=O)N2CCCCC2CNC(=O)[C@H](CCCN=C(C)N)NC(=O)OC(C)(C)C)c1)[C@@H](C)CN(C)C. The van der Waals surface area contributed by atoms with E-state index in [1.54, 1.807) is 32.6 Å². The van der Waals surface area contributed by atoms with Crippen molar-refractivity contribution in [3.05, 3.63) is 29.8 Å². The number of nitrogens with one attached hydrogen (secondary N) is 2. The van der Waals surface area contributed by atoms with E-state index in [9.17, 15) is 14.4 Å². The lowest BCUT2D eigenvalue weighted by Gasteiger charge is -2.35. The largest absolute Gasteiger partial charge is 0.444 e. The summed E-state index contributed by atoms with van der Waals surface area (Å²) in [5.74, 6) is 1.44. The van der Waals surface area contributed by atoms with Crippen molar-refractivity contribution < 1.29 is 23.9 Å². The molecule has 0 bridgehead atoms. The lowest BCUT2D eigenvalue weighted by atomic mass is 9.85. The molecule has 11 nitrogen and oxygen atoms in total. The third-order valence-electron chi connectivity index (χ3n) is 7.66. The van der Waals surface area contributed by atoms with E-state index >= 15 is 0 Å². The minimum atomic E-state index is -0.814. The average Bonchev–Trinajstić information content (AvgIpc) is 2.92. The summed E-state index contributed by atoms with van der Waals surface area (Å²) in [7, 11) is 4.16. The first-order chi connectivity index (χ1) is 20.7. The molecule has 248 valence electrons. The fraction of sp³-hybridized carbons (Fsp3) is 0.697. The zero-order chi connectivity index (χ0) is 32.9. The van der Waals surface area contributed by atoms with Gasteiger partial charge in [0.15, 0.2) is 0 Å². The molecule has 3 amide bonds. The molecule has 1 saturated heterocycles. The summed E-state index contributed by atoms with van der Waals surface area (Å²) in [6, 6.07) is 6.79. The summed E-state index contributed by atoms with van der Waals surface area (Å²) in [5, 5.41) is 5.65. The van der Waals surface area contributed by atoms with Crippen molar-refractivity contribution in [2.24, 2.45) is 16.6 Å². The second-order valence-corrected chi connectivity index (χ2v) is 13.1. The van der Waals surface area contributed by atoms with Gasteiger partial charge in [-0.15, -0.1) is 0 Å². The number of nitrogens with zero attached hydrogens (tertiary/aromatic N) is 3. The Balaban J connectivity index is 2.07. The highest BCUT2D eigenvalue weighted by atomic mass is 16.6. The fourth-order valence-electron chi connectivity index (χ4n) is 5.70. The molecule has 44 heavy (non-hydrogen) atoms. The molecule has 1 aliphatic rings. The van der Waals surface area contributed by atoms with Crippen LogP contribution in [0.2, 0.25) is 0 Å². The van der Waals surface area contributed by atoms with Gasteiger partial charge >= 0.3 is 12.2 Å². The Morgan fingerprint density at radius 1 is 1.20 bits per heavy atom. The van der Waals surface area contributed by atoms with Crippen molar-refractivity contribution in [1.82, 2.24) is 20.4 Å². The van der Waals surface area contributed by atoms with Crippen LogP contribution < -0.4 is 21.1 Å². The van der Waals surface area contributed by atoms with Crippen molar-refractivity contribution in [3.63, 3.8) is 0 Å². The summed E-state index contributed by atoms with van der Waals surface area (Å²) in [6.07, 6.45) is 3.36. The summed E-state index contributed by atoms with van der Waals surface area (Å²) in [4.78, 5) is 47.2. The smallest absolute Gasteiger partial charge is 0.415 e. The predicted molar refractivity (Wildman–Crippen MR) is 175 cm³/mol. The normalized spacial score (nSPS) is 17.9. The second-order valence-electron chi connectivity index (χ2n) is 13.1. The molecule has 2 rings (SSSR count). The number of amidine groups is 1. The molecule has 1 aliphatic heterocycles. The molecule has 1 heterocycles. The maximum Gasteiger partial charge on any atom is 0.415 e. The highest BCUT2D eigenvalue weighted by molar-refractivity contribution is 5.85. The Morgan fingerprint density at radius 2 is 1.93 bits per heavy atom. The lowest BCUT2D eigenvalue weighted by molar-refractivity contribution is -0.123. The molecule has 0 aromatic heterocycles. The van der Waals surface area contributed by atoms with Crippen LogP contribution in [0.15, 0.2) is 29.3 Å². The molecular weight excluding hydrogens is 560 g/mol. The van der Waals surface area contributed by atoms with Crippen molar-refractivity contribution in [2.75, 3.05) is 40.3 Å². The molecule has 0 radical (unpaired) electrons. The van der Waals surface area contributed by atoms with E-state index in [0.29, 0.717) is 49.4 Å². The Labute approximate surface area is 264 Å². The van der Waals surface area contributed by atoms with Gasteiger partial charge in [-0.05, 0) is 110 Å². The minimum absolute atomic E-state index is 0.224. The van der Waals surface area contributed by atoms with E-state index < -0.39 is 23.8 Å². The number of ether oxygens (including phenoxy) is 2. The van der Waals surface area contributed by atoms with Crippen LogP contribution in [-0.4, -0.2) is 91.7 Å². The van der Waals surface area contributed by atoms with E-state index in [1.807, 2.05) is 18.2 Å². The number of rotatable bonds is 14. The van der Waals surface area contributed by atoms with Gasteiger partial charge in [0.2, 0.25) is 5.91 Å². The number of alkyl carbamates (subject to hydrolysis) is 1. The van der Waals surface area contributed by atoms with Crippen molar-refractivity contribution in [2.45, 2.75) is 104 Å². The molecule has 11 heteroatoms. The third-order valence-corrected chi connectivity index (χ3v) is 7.66. The van der Waals surface area contributed by atoms with Gasteiger partial charge in [0.1, 0.15) is 17.4 Å². The van der Waals surface area contributed by atoms with Crippen LogP contribution >= 0.6 is 0 Å². The predicted octanol–water partition coefficient (Wildman–Crippen LogP) is 4.90. The number of aliphatic imine (C=N–C) groups is 1. The molecule has 1 aromatic rings. The molecule has 0 spiro atoms. The summed E-state index contributed by atoms with van der Waals surface area (Å²) >= 11 is 0. The number of amides is 3. The number of hydrogen-bond donors (Lipinski definition) is 3. The van der Waals surface area contributed by atoms with E-state index in [4.69, 9.17) is 15.2 Å². The molecule has 4 atom stereocenters. The van der Waals surface area contributed by atoms with Gasteiger partial charge in [-0.3, -0.25) is 9.79 Å². The number of carbonyl (C=O) groups is 3. The van der Waals surface area contributed by atoms with E-state index in [0.717, 1.165) is 37.8 Å². The molecule has 1 aromatic carbocycles. The minimum Gasteiger partial charge on any atom is -0.444 e. The van der Waals surface area contributed by atoms with Gasteiger partial charge < -0.3 is 35.6 Å². The van der Waals surface area contributed by atoms with Crippen LogP contribution in [0.5, 0.6) is 5.75 Å². The first kappa shape index (κ1) is 36.8. The Hall–Kier alpha value is -3.34. The number of benzene rings is 1. The third kappa shape index (κ3) is 13.1. The number of nitrogens with two attached hydrogens (primary N) is 1. The number of likely N-dealkylation sites (tertiary alicyclic amines) is 1. The van der Waals surface area contributed by atoms with Crippen LogP contribution in [0, 0.1) is 5.92 Å². The lowest BCUT2D eigenvalue weighted by Crippen LogP contribution is -2.53. The van der Waals surface area contributed by atoms with Gasteiger partial charge in [-0.25, -0.2) is 9.59 Å². The van der Waals surface area contributed by atoms with Gasteiger partial charge in [-0.2, -0.15) is 0 Å². The monoisotopic (exact) mass is 616 g/mol. The van der Waals surface area contributed by atoms with Gasteiger partial charge in [0.05, 0.1) is 11.9 Å². The van der Waals surface area contributed by atoms with E-state index in [2.05, 4.69) is 54.5 Å². The quantitative estimate of drug-likeness (QED) is 0.154. The van der Waals surface area contributed by atoms with Crippen LogP contribution in [0.1, 0.15) is 91.5 Å². The summed E-state index contributed by atoms with van der Waals surface area (Å²) in [5.41, 5.74) is 6.09. The highest BCUT2D eigenvalue weighted by Crippen LogP contribution is 2.31. The average molecular weight is 617 g/mol. The number of hydrogen-bond acceptors (Lipinski definition) is 7. The first-order valence-electron chi connectivity index (χ1n) is 16.0.